The number of nitrogens with one attached hydrogen (secondary N) is 2. The van der Waals surface area contributed by atoms with Gasteiger partial charge in [0.2, 0.25) is 10.0 Å². The van der Waals surface area contributed by atoms with Gasteiger partial charge in [0, 0.05) is 13.6 Å². The zero-order chi connectivity index (χ0) is 19.7. The Hall–Kier alpha value is -0.264. The van der Waals surface area contributed by atoms with Crippen molar-refractivity contribution in [1.82, 2.24) is 15.1 Å². The van der Waals surface area contributed by atoms with Gasteiger partial charge in [0.25, 0.3) is 5.91 Å². The average Bonchev–Trinajstić information content (AvgIpc) is 2.65. The Kier molecular flexibility index (Phi) is 12.9. The monoisotopic (exact) mass is 421 g/mol. The van der Waals surface area contributed by atoms with Crippen LogP contribution in [0.25, 0.3) is 0 Å². The van der Waals surface area contributed by atoms with Gasteiger partial charge in [-0.3, -0.25) is 14.4 Å². The molecule has 9 heteroatoms. The van der Waals surface area contributed by atoms with Gasteiger partial charge in [-0.05, 0) is 31.7 Å². The van der Waals surface area contributed by atoms with E-state index in [9.17, 15) is 13.2 Å². The van der Waals surface area contributed by atoms with E-state index in [0.29, 0.717) is 12.1 Å². The van der Waals surface area contributed by atoms with Crippen LogP contribution in [0.1, 0.15) is 27.2 Å². The fraction of sp³-hybridized carbons (Fsp3) is 0.500. The number of hydrogen-bond acceptors (Lipinski definition) is 5. The predicted molar refractivity (Wildman–Crippen MR) is 102 cm³/mol. The molecule has 2 atom stereocenters. The number of allylic oxidation sites excluding steroid dienone is 4. The summed E-state index contributed by atoms with van der Waals surface area (Å²) in [5, 5.41) is 0. The van der Waals surface area contributed by atoms with Crippen molar-refractivity contribution in [3.05, 3.63) is 48.4 Å². The number of amides is 1. The Morgan fingerprint density at radius 1 is 1.52 bits per heavy atom. The molecule has 0 saturated carbocycles. The van der Waals surface area contributed by atoms with Gasteiger partial charge < -0.3 is 4.90 Å². The molecule has 1 fully saturated rings. The maximum Gasteiger partial charge on any atom is 1.00 e. The van der Waals surface area contributed by atoms with Crippen molar-refractivity contribution in [2.24, 2.45) is 5.92 Å². The number of likely N-dealkylation sites (N-methyl/N-ethyl adjacent to an activating group) is 1. The van der Waals surface area contributed by atoms with E-state index in [2.05, 4.69) is 22.9 Å². The van der Waals surface area contributed by atoms with Crippen LogP contribution in [0.5, 0.6) is 0 Å². The summed E-state index contributed by atoms with van der Waals surface area (Å²) in [4.78, 5) is 19.1. The fourth-order valence-electron chi connectivity index (χ4n) is 2.62. The van der Waals surface area contributed by atoms with E-state index in [-0.39, 0.29) is 69.0 Å². The summed E-state index contributed by atoms with van der Waals surface area (Å²) in [5.41, 5.74) is 4.28. The van der Waals surface area contributed by atoms with Crippen LogP contribution in [0.15, 0.2) is 42.3 Å². The van der Waals surface area contributed by atoms with Crippen molar-refractivity contribution in [2.75, 3.05) is 19.3 Å². The molecule has 2 N–H and O–H groups in total. The summed E-state index contributed by atoms with van der Waals surface area (Å²) in [6.07, 6.45) is 9.34. The summed E-state index contributed by atoms with van der Waals surface area (Å²) < 4.78 is 25.4. The molecule has 0 bridgehead atoms. The molecule has 2 aliphatic rings. The zero-order valence-corrected chi connectivity index (χ0v) is 20.7. The Labute approximate surface area is 205 Å². The van der Waals surface area contributed by atoms with E-state index in [1.54, 1.807) is 26.2 Å². The molecule has 0 aromatic rings. The largest absolute Gasteiger partial charge is 1.00 e. The van der Waals surface area contributed by atoms with E-state index >= 15 is 0 Å². The van der Waals surface area contributed by atoms with Gasteiger partial charge in [-0.2, -0.15) is 12.7 Å². The van der Waals surface area contributed by atoms with E-state index in [0.717, 1.165) is 12.0 Å². The van der Waals surface area contributed by atoms with Gasteiger partial charge in [0.1, 0.15) is 0 Å². The third kappa shape index (κ3) is 7.58. The van der Waals surface area contributed by atoms with Gasteiger partial charge in [-0.15, -0.1) is 17.7 Å². The smallest absolute Gasteiger partial charge is 0.328 e. The first kappa shape index (κ1) is 26.7. The minimum atomic E-state index is -3.33. The van der Waals surface area contributed by atoms with Crippen LogP contribution in [0.4, 0.5) is 0 Å². The molecular formula is C18H28KN3O4S. The molecule has 0 spiro atoms. The van der Waals surface area contributed by atoms with E-state index in [1.165, 1.54) is 17.2 Å². The van der Waals surface area contributed by atoms with Crippen molar-refractivity contribution in [3.63, 3.8) is 0 Å². The van der Waals surface area contributed by atoms with Crippen molar-refractivity contribution < 1.29 is 69.4 Å². The van der Waals surface area contributed by atoms with Gasteiger partial charge in [0.05, 0.1) is 5.75 Å². The van der Waals surface area contributed by atoms with Crippen molar-refractivity contribution in [3.8, 4) is 0 Å². The fourth-order valence-corrected chi connectivity index (χ4v) is 3.06. The first-order valence-corrected chi connectivity index (χ1v) is 10.3. The molecule has 7 nitrogen and oxygen atoms in total. The van der Waals surface area contributed by atoms with E-state index < -0.39 is 16.1 Å². The third-order valence-corrected chi connectivity index (χ3v) is 5.16. The molecule has 0 aromatic carbocycles. The van der Waals surface area contributed by atoms with E-state index in [4.69, 9.17) is 4.84 Å². The number of sulfonamides is 1. The van der Waals surface area contributed by atoms with Crippen molar-refractivity contribution in [1.29, 1.82) is 0 Å². The van der Waals surface area contributed by atoms with Crippen LogP contribution in [0, 0.1) is 12.0 Å². The van der Waals surface area contributed by atoms with Crippen LogP contribution in [0.3, 0.4) is 0 Å². The Morgan fingerprint density at radius 2 is 2.19 bits per heavy atom. The van der Waals surface area contributed by atoms with Crippen LogP contribution >= 0.6 is 0 Å². The molecule has 2 unspecified atom stereocenters. The minimum Gasteiger partial charge on any atom is -0.328 e. The molecule has 0 radical (unpaired) electrons. The summed E-state index contributed by atoms with van der Waals surface area (Å²) in [7, 11) is -1.67. The van der Waals surface area contributed by atoms with Gasteiger partial charge in [-0.1, -0.05) is 19.4 Å². The van der Waals surface area contributed by atoms with Gasteiger partial charge in [-0.25, -0.2) is 13.9 Å². The number of hydroxylamine groups is 1. The number of carbonyl (C=O) groups is 1. The van der Waals surface area contributed by atoms with Crippen LogP contribution < -0.4 is 61.6 Å². The van der Waals surface area contributed by atoms with Crippen LogP contribution in [-0.4, -0.2) is 44.7 Å². The molecule has 146 valence electrons. The molecule has 27 heavy (non-hydrogen) atoms. The molecule has 1 saturated heterocycles. The molecular weight excluding hydrogens is 393 g/mol. The number of hydrogen-bond donors (Lipinski definition) is 2. The second kappa shape index (κ2) is 13.1. The van der Waals surface area contributed by atoms with Crippen molar-refractivity contribution >= 4 is 15.9 Å². The van der Waals surface area contributed by atoms with E-state index in [1.807, 2.05) is 13.8 Å². The second-order valence-electron chi connectivity index (χ2n) is 5.48. The van der Waals surface area contributed by atoms with Gasteiger partial charge in [0.15, 0.2) is 6.10 Å². The topological polar surface area (TPSA) is 87.7 Å². The summed E-state index contributed by atoms with van der Waals surface area (Å²) in [6.45, 7) is 9.84. The molecule has 1 amide bonds. The first-order valence-electron chi connectivity index (χ1n) is 8.67. The standard InChI is InChI=1S/C16H22N3O4S.C2H6.K/c1-4-6-12(7-10-18-24(21,22)5-2)14-11-19(3)16(20)15-13(14)8-9-17-23-15;1-2;/h4,7,10-11,13,15,17-18H,1,5,8-9H2,2-3H3;1-2H3;/q-1;;+1/b10-7+;;. The summed E-state index contributed by atoms with van der Waals surface area (Å²) in [5.74, 6) is -0.250. The predicted octanol–water partition coefficient (Wildman–Crippen LogP) is -1.35. The molecule has 2 aliphatic heterocycles. The molecule has 0 aliphatic carbocycles. The Morgan fingerprint density at radius 3 is 2.78 bits per heavy atom. The zero-order valence-electron chi connectivity index (χ0n) is 16.8. The third-order valence-electron chi connectivity index (χ3n) is 3.90. The quantitative estimate of drug-likeness (QED) is 0.315. The maximum absolute atomic E-state index is 12.2. The first-order chi connectivity index (χ1) is 12.4. The number of nitrogens with zero attached hydrogens (tertiary/aromatic N) is 1. The SMILES string of the molecule is C=C[C-]=C(/C=C/NS(=O)(=O)CC)C1=CN(C)C(=O)C2ONCCC12.CC.[K+]. The molecule has 0 aromatic heterocycles. The Bertz CT molecular complexity index is 701. The van der Waals surface area contributed by atoms with Crippen molar-refractivity contribution in [2.45, 2.75) is 33.3 Å². The maximum atomic E-state index is 12.2. The number of fused-ring (bicyclic) bond motifs is 1. The number of carbonyl (C=O) groups excluding carboxylic acids is 1. The second-order valence-corrected chi connectivity index (χ2v) is 7.52. The minimum absolute atomic E-state index is 0. The van der Waals surface area contributed by atoms with Crippen LogP contribution in [-0.2, 0) is 19.7 Å². The normalized spacial score (nSPS) is 22.8. The summed E-state index contributed by atoms with van der Waals surface area (Å²) >= 11 is 0. The van der Waals surface area contributed by atoms with Gasteiger partial charge >= 0.3 is 51.4 Å². The van der Waals surface area contributed by atoms with Crippen LogP contribution in [0.2, 0.25) is 0 Å². The summed E-state index contributed by atoms with van der Waals surface area (Å²) in [6, 6.07) is 0. The molecule has 2 heterocycles. The Balaban J connectivity index is 0.00000218. The number of rotatable bonds is 6. The average molecular weight is 422 g/mol. The molecule has 2 rings (SSSR count).